The van der Waals surface area contributed by atoms with Crippen molar-refractivity contribution in [2.75, 3.05) is 5.32 Å². The summed E-state index contributed by atoms with van der Waals surface area (Å²) in [4.78, 5) is 14.4. The predicted molar refractivity (Wildman–Crippen MR) is 123 cm³/mol. The summed E-state index contributed by atoms with van der Waals surface area (Å²) in [6.07, 6.45) is 0.746. The standard InChI is InChI=1S/C21H22N4O3S2/c1-13(2)10-11-25-21(27)17(19(26)18(23-25)15-8-6-12-29-15)20-22-14-7-4-5-9-16(14)30(3,28)24-20/h4-9,12-13,26H,3,10-11H2,1-2H3,(H,22,24,28). The SMILES string of the molecule is C=S1(=O)N=C(c2c(O)c(-c3cccs3)nn(CCC(C)C)c2=O)Nc2ccccc21. The second-order valence-corrected chi connectivity index (χ2v) is 10.3. The van der Waals surface area contributed by atoms with Gasteiger partial charge in [0.15, 0.2) is 11.6 Å². The molecular weight excluding hydrogens is 420 g/mol. The van der Waals surface area contributed by atoms with Crippen LogP contribution in [0.25, 0.3) is 10.6 Å². The summed E-state index contributed by atoms with van der Waals surface area (Å²) >= 11 is 1.41. The average Bonchev–Trinajstić information content (AvgIpc) is 3.21. The van der Waals surface area contributed by atoms with Crippen molar-refractivity contribution in [1.29, 1.82) is 0 Å². The van der Waals surface area contributed by atoms with Gasteiger partial charge in [-0.15, -0.1) is 11.3 Å². The van der Waals surface area contributed by atoms with E-state index in [-0.39, 0.29) is 17.1 Å². The molecule has 156 valence electrons. The molecule has 0 spiro atoms. The van der Waals surface area contributed by atoms with E-state index in [0.717, 1.165) is 11.3 Å². The van der Waals surface area contributed by atoms with Crippen molar-refractivity contribution in [3.63, 3.8) is 0 Å². The van der Waals surface area contributed by atoms with Gasteiger partial charge in [-0.3, -0.25) is 4.79 Å². The first-order valence-corrected chi connectivity index (χ1v) is 12.1. The number of aromatic hydroxyl groups is 1. The van der Waals surface area contributed by atoms with E-state index in [2.05, 4.69) is 34.5 Å². The topological polar surface area (TPSA) is 96.6 Å². The Labute approximate surface area is 178 Å². The highest BCUT2D eigenvalue weighted by atomic mass is 32.2. The molecule has 2 N–H and O–H groups in total. The second-order valence-electron chi connectivity index (χ2n) is 7.46. The van der Waals surface area contributed by atoms with E-state index in [0.29, 0.717) is 28.7 Å². The molecule has 0 saturated heterocycles. The molecule has 1 aliphatic rings. The fraction of sp³-hybridized carbons (Fsp3) is 0.238. The minimum atomic E-state index is -3.03. The summed E-state index contributed by atoms with van der Waals surface area (Å²) < 4.78 is 18.7. The number of benzene rings is 1. The maximum absolute atomic E-state index is 13.3. The summed E-state index contributed by atoms with van der Waals surface area (Å²) in [6.45, 7) is 4.52. The number of amidine groups is 1. The molecule has 2 aromatic heterocycles. The molecule has 4 rings (SSSR count). The Balaban J connectivity index is 1.93. The first-order chi connectivity index (χ1) is 14.3. The van der Waals surface area contributed by atoms with Crippen LogP contribution in [-0.4, -0.2) is 30.8 Å². The summed E-state index contributed by atoms with van der Waals surface area (Å²) in [6, 6.07) is 10.6. The smallest absolute Gasteiger partial charge is 0.281 e. The first kappa shape index (κ1) is 20.4. The highest BCUT2D eigenvalue weighted by Gasteiger charge is 2.28. The van der Waals surface area contributed by atoms with E-state index in [1.54, 1.807) is 24.3 Å². The number of hydrogen-bond donors (Lipinski definition) is 2. The van der Waals surface area contributed by atoms with Crippen LogP contribution in [0.1, 0.15) is 25.8 Å². The van der Waals surface area contributed by atoms with Gasteiger partial charge >= 0.3 is 0 Å². The number of nitrogens with zero attached hydrogens (tertiary/aromatic N) is 3. The monoisotopic (exact) mass is 442 g/mol. The molecule has 0 fully saturated rings. The van der Waals surface area contributed by atoms with Crippen LogP contribution in [0.3, 0.4) is 0 Å². The number of aromatic nitrogens is 2. The van der Waals surface area contributed by atoms with Crippen LogP contribution in [0.2, 0.25) is 0 Å². The molecule has 0 aliphatic carbocycles. The van der Waals surface area contributed by atoms with Crippen molar-refractivity contribution in [2.24, 2.45) is 10.3 Å². The Kier molecular flexibility index (Phi) is 5.25. The van der Waals surface area contributed by atoms with Gasteiger partial charge in [-0.2, -0.15) is 9.50 Å². The molecule has 1 atom stereocenters. The fourth-order valence-electron chi connectivity index (χ4n) is 3.19. The van der Waals surface area contributed by atoms with Crippen LogP contribution in [0.15, 0.2) is 55.9 Å². The number of nitrogens with one attached hydrogen (secondary N) is 1. The minimum absolute atomic E-state index is 0.0368. The second kappa shape index (κ2) is 7.73. The average molecular weight is 443 g/mol. The van der Waals surface area contributed by atoms with Crippen LogP contribution in [0.5, 0.6) is 5.75 Å². The lowest BCUT2D eigenvalue weighted by Gasteiger charge is -2.22. The van der Waals surface area contributed by atoms with Gasteiger partial charge in [0, 0.05) is 6.54 Å². The first-order valence-electron chi connectivity index (χ1n) is 9.49. The van der Waals surface area contributed by atoms with E-state index in [9.17, 15) is 14.1 Å². The molecule has 1 unspecified atom stereocenters. The summed E-state index contributed by atoms with van der Waals surface area (Å²) in [5, 5.41) is 20.3. The molecule has 9 heteroatoms. The number of para-hydroxylation sites is 1. The van der Waals surface area contributed by atoms with Crippen LogP contribution in [-0.2, 0) is 16.3 Å². The van der Waals surface area contributed by atoms with Gasteiger partial charge in [0.25, 0.3) is 5.56 Å². The zero-order valence-electron chi connectivity index (χ0n) is 16.7. The van der Waals surface area contributed by atoms with E-state index in [4.69, 9.17) is 0 Å². The lowest BCUT2D eigenvalue weighted by atomic mass is 10.1. The van der Waals surface area contributed by atoms with Gasteiger partial charge in [0.05, 0.1) is 25.2 Å². The number of anilines is 1. The summed E-state index contributed by atoms with van der Waals surface area (Å²) in [5.41, 5.74) is 0.295. The van der Waals surface area contributed by atoms with Crippen molar-refractivity contribution in [2.45, 2.75) is 31.7 Å². The third kappa shape index (κ3) is 3.66. The molecule has 1 aliphatic heterocycles. The van der Waals surface area contributed by atoms with E-state index in [1.807, 2.05) is 17.5 Å². The quantitative estimate of drug-likeness (QED) is 0.589. The highest BCUT2D eigenvalue weighted by molar-refractivity contribution is 7.99. The molecular formula is C21H22N4O3S2. The van der Waals surface area contributed by atoms with Crippen molar-refractivity contribution >= 4 is 38.4 Å². The molecule has 0 radical (unpaired) electrons. The number of rotatable bonds is 5. The zero-order chi connectivity index (χ0) is 21.5. The number of aryl methyl sites for hydroxylation is 1. The van der Waals surface area contributed by atoms with E-state index >= 15 is 0 Å². The molecule has 3 aromatic rings. The Hall–Kier alpha value is -2.91. The largest absolute Gasteiger partial charge is 0.505 e. The van der Waals surface area contributed by atoms with Crippen LogP contribution in [0.4, 0.5) is 5.69 Å². The maximum atomic E-state index is 13.3. The van der Waals surface area contributed by atoms with Gasteiger partial charge in [0.1, 0.15) is 11.3 Å². The summed E-state index contributed by atoms with van der Waals surface area (Å²) in [5.74, 6) is 3.88. The van der Waals surface area contributed by atoms with Crippen molar-refractivity contribution in [1.82, 2.24) is 9.78 Å². The number of fused-ring (bicyclic) bond motifs is 1. The number of thiophene rings is 1. The minimum Gasteiger partial charge on any atom is -0.505 e. The zero-order valence-corrected chi connectivity index (χ0v) is 18.3. The Bertz CT molecular complexity index is 1290. The normalized spacial score (nSPS) is 18.0. The predicted octanol–water partition coefficient (Wildman–Crippen LogP) is 3.59. The van der Waals surface area contributed by atoms with Crippen LogP contribution >= 0.6 is 11.3 Å². The van der Waals surface area contributed by atoms with Crippen molar-refractivity contribution < 1.29 is 9.32 Å². The van der Waals surface area contributed by atoms with Crippen molar-refractivity contribution in [3.8, 4) is 16.3 Å². The lowest BCUT2D eigenvalue weighted by Crippen LogP contribution is -2.34. The fourth-order valence-corrected chi connectivity index (χ4v) is 5.18. The van der Waals surface area contributed by atoms with Gasteiger partial charge in [-0.05, 0) is 41.8 Å². The van der Waals surface area contributed by atoms with Crippen LogP contribution in [0, 0.1) is 5.92 Å². The molecule has 1 aromatic carbocycles. The third-order valence-corrected chi connectivity index (χ3v) is 7.16. The van der Waals surface area contributed by atoms with Gasteiger partial charge in [0.2, 0.25) is 0 Å². The Morgan fingerprint density at radius 3 is 2.73 bits per heavy atom. The molecule has 0 amide bonds. The van der Waals surface area contributed by atoms with E-state index in [1.165, 1.54) is 16.0 Å². The van der Waals surface area contributed by atoms with E-state index < -0.39 is 15.3 Å². The molecule has 7 nitrogen and oxygen atoms in total. The Morgan fingerprint density at radius 1 is 1.27 bits per heavy atom. The third-order valence-electron chi connectivity index (χ3n) is 4.76. The van der Waals surface area contributed by atoms with Gasteiger partial charge < -0.3 is 10.4 Å². The lowest BCUT2D eigenvalue weighted by molar-refractivity contribution is 0.444. The highest BCUT2D eigenvalue weighted by Crippen LogP contribution is 2.34. The Morgan fingerprint density at radius 2 is 2.03 bits per heavy atom. The van der Waals surface area contributed by atoms with Gasteiger partial charge in [-0.1, -0.05) is 32.0 Å². The molecule has 30 heavy (non-hydrogen) atoms. The van der Waals surface area contributed by atoms with Crippen molar-refractivity contribution in [3.05, 3.63) is 57.7 Å². The molecule has 3 heterocycles. The molecule has 0 bridgehead atoms. The summed E-state index contributed by atoms with van der Waals surface area (Å²) in [7, 11) is -3.03. The maximum Gasteiger partial charge on any atom is 0.281 e. The molecule has 0 saturated carbocycles. The van der Waals surface area contributed by atoms with Gasteiger partial charge in [-0.25, -0.2) is 8.89 Å². The van der Waals surface area contributed by atoms with Crippen LogP contribution < -0.4 is 10.9 Å². The number of hydrogen-bond acceptors (Lipinski definition) is 6.